The monoisotopic (exact) mass is 680 g/mol. The molecule has 0 saturated heterocycles. The van der Waals surface area contributed by atoms with Crippen LogP contribution in [0.2, 0.25) is 0 Å². The second kappa shape index (κ2) is 14.4. The van der Waals surface area contributed by atoms with Crippen molar-refractivity contribution in [1.29, 1.82) is 0 Å². The normalized spacial score (nSPS) is 11.4. The molecule has 4 aromatic carbocycles. The molecular formula is C35H28F4N2O8. The second-order valence-electron chi connectivity index (χ2n) is 11.0. The Morgan fingerprint density at radius 1 is 0.776 bits per heavy atom. The second-order valence-corrected chi connectivity index (χ2v) is 11.0. The molecule has 0 heterocycles. The minimum absolute atomic E-state index is 0.00247. The maximum Gasteiger partial charge on any atom is 0.416 e. The maximum atomic E-state index is 15.4. The van der Waals surface area contributed by atoms with Gasteiger partial charge in [-0.3, -0.25) is 24.0 Å². The molecule has 0 fully saturated rings. The lowest BCUT2D eigenvalue weighted by atomic mass is 9.81. The number of carboxylic acid groups (broad SMARTS) is 2. The van der Waals surface area contributed by atoms with Crippen molar-refractivity contribution in [3.05, 3.63) is 125 Å². The van der Waals surface area contributed by atoms with Crippen LogP contribution in [0.1, 0.15) is 37.4 Å². The highest BCUT2D eigenvalue weighted by Gasteiger charge is 2.50. The topological polar surface area (TPSA) is 150 Å². The van der Waals surface area contributed by atoms with Gasteiger partial charge < -0.3 is 25.2 Å². The van der Waals surface area contributed by atoms with E-state index in [1.54, 1.807) is 6.07 Å². The molecule has 2 amide bonds. The largest absolute Gasteiger partial charge is 0.480 e. The molecule has 254 valence electrons. The summed E-state index contributed by atoms with van der Waals surface area (Å²) in [6.07, 6.45) is -5.41. The third-order valence-electron chi connectivity index (χ3n) is 7.55. The van der Waals surface area contributed by atoms with E-state index in [1.807, 2.05) is 0 Å². The summed E-state index contributed by atoms with van der Waals surface area (Å²) in [5.41, 5.74) is -4.10. The fraction of sp³-hybridized carbons (Fsp3) is 0.171. The first-order valence-electron chi connectivity index (χ1n) is 14.4. The highest BCUT2D eigenvalue weighted by molar-refractivity contribution is 6.12. The molecule has 0 aliphatic carbocycles. The lowest BCUT2D eigenvalue weighted by Gasteiger charge is -2.25. The molecular weight excluding hydrogens is 652 g/mol. The van der Waals surface area contributed by atoms with Crippen molar-refractivity contribution in [2.75, 3.05) is 26.0 Å². The van der Waals surface area contributed by atoms with E-state index in [0.29, 0.717) is 0 Å². The van der Waals surface area contributed by atoms with E-state index < -0.39 is 65.7 Å². The van der Waals surface area contributed by atoms with Crippen molar-refractivity contribution in [2.45, 2.75) is 18.0 Å². The van der Waals surface area contributed by atoms with Crippen LogP contribution in [-0.2, 0) is 37.1 Å². The number of carbonyl (C=O) groups excluding carboxylic acids is 3. The molecule has 4 aromatic rings. The Balaban J connectivity index is 1.62. The minimum Gasteiger partial charge on any atom is -0.480 e. The Bertz CT molecular complexity index is 1900. The van der Waals surface area contributed by atoms with Crippen molar-refractivity contribution >= 4 is 35.4 Å². The zero-order valence-corrected chi connectivity index (χ0v) is 25.9. The van der Waals surface area contributed by atoms with Gasteiger partial charge in [-0.1, -0.05) is 60.7 Å². The van der Waals surface area contributed by atoms with E-state index in [0.717, 1.165) is 29.2 Å². The molecule has 3 N–H and O–H groups in total. The predicted molar refractivity (Wildman–Crippen MR) is 167 cm³/mol. The number of benzene rings is 4. The smallest absolute Gasteiger partial charge is 0.416 e. The van der Waals surface area contributed by atoms with E-state index in [9.17, 15) is 47.4 Å². The van der Waals surface area contributed by atoms with Crippen LogP contribution in [0.3, 0.4) is 0 Å². The Hall–Kier alpha value is -6.05. The van der Waals surface area contributed by atoms with Gasteiger partial charge in [-0.05, 0) is 52.6 Å². The van der Waals surface area contributed by atoms with E-state index in [4.69, 9.17) is 4.74 Å². The van der Waals surface area contributed by atoms with Gasteiger partial charge in [-0.2, -0.15) is 13.2 Å². The third kappa shape index (κ3) is 7.75. The number of anilines is 1. The van der Waals surface area contributed by atoms with E-state index in [1.165, 1.54) is 74.8 Å². The number of nitrogens with one attached hydrogen (secondary N) is 1. The van der Waals surface area contributed by atoms with Gasteiger partial charge in [0.1, 0.15) is 12.4 Å². The zero-order chi connectivity index (χ0) is 36.1. The molecule has 0 spiro atoms. The van der Waals surface area contributed by atoms with Crippen LogP contribution in [0.25, 0.3) is 11.1 Å². The lowest BCUT2D eigenvalue weighted by molar-refractivity contribution is -0.164. The zero-order valence-electron chi connectivity index (χ0n) is 25.9. The Morgan fingerprint density at radius 2 is 1.37 bits per heavy atom. The van der Waals surface area contributed by atoms with Crippen molar-refractivity contribution < 1.29 is 56.5 Å². The maximum absolute atomic E-state index is 15.4. The lowest BCUT2D eigenvalue weighted by Crippen LogP contribution is -2.48. The van der Waals surface area contributed by atoms with Gasteiger partial charge in [0, 0.05) is 19.7 Å². The Labute approximate surface area is 276 Å². The van der Waals surface area contributed by atoms with E-state index >= 15 is 4.39 Å². The number of carboxylic acids is 2. The quantitative estimate of drug-likeness (QED) is 0.104. The average Bonchev–Trinajstić information content (AvgIpc) is 3.05. The summed E-state index contributed by atoms with van der Waals surface area (Å²) in [4.78, 5) is 64.7. The van der Waals surface area contributed by atoms with Gasteiger partial charge in [-0.15, -0.1) is 0 Å². The number of nitrogens with zero attached hydrogens (tertiary/aromatic N) is 1. The van der Waals surface area contributed by atoms with Gasteiger partial charge in [0.15, 0.2) is 0 Å². The number of carbonyl (C=O) groups is 5. The SMILES string of the molecule is CN(C)C(=O)c1cc(CC(=O)OCC(C(=O)O)(C(=O)O)c2ccccc2)c(F)cc1NC(=O)c1ccccc1-c1ccc(C(F)(F)F)cc1. The van der Waals surface area contributed by atoms with Gasteiger partial charge >= 0.3 is 24.1 Å². The van der Waals surface area contributed by atoms with Crippen molar-refractivity contribution in [1.82, 2.24) is 4.90 Å². The van der Waals surface area contributed by atoms with Crippen LogP contribution in [0.4, 0.5) is 23.2 Å². The average molecular weight is 681 g/mol. The van der Waals surface area contributed by atoms with E-state index in [2.05, 4.69) is 5.32 Å². The van der Waals surface area contributed by atoms with Gasteiger partial charge in [0.25, 0.3) is 11.8 Å². The summed E-state index contributed by atoms with van der Waals surface area (Å²) in [5.74, 6) is -7.40. The fourth-order valence-electron chi connectivity index (χ4n) is 4.90. The number of amides is 2. The standard InChI is InChI=1S/C35H28F4N2O8/c1-41(2)31(44)26-16-21(17-29(42)49-19-34(32(45)46,33(47)48)22-8-4-3-5-9-22)27(36)18-28(26)40-30(43)25-11-7-6-10-24(25)20-12-14-23(15-13-20)35(37,38)39/h3-16,18H,17,19H2,1-2H3,(H,40,43)(H,45,46)(H,47,48). The number of ether oxygens (including phenoxy) is 1. The van der Waals surface area contributed by atoms with Crippen LogP contribution in [-0.4, -0.2) is 65.5 Å². The number of halogens is 4. The summed E-state index contributed by atoms with van der Waals surface area (Å²) in [6.45, 7) is -1.13. The molecule has 0 unspecified atom stereocenters. The van der Waals surface area contributed by atoms with Crippen LogP contribution >= 0.6 is 0 Å². The van der Waals surface area contributed by atoms with Crippen molar-refractivity contribution in [3.63, 3.8) is 0 Å². The van der Waals surface area contributed by atoms with Crippen LogP contribution in [0.5, 0.6) is 0 Å². The highest BCUT2D eigenvalue weighted by atomic mass is 19.4. The van der Waals surface area contributed by atoms with Crippen LogP contribution in [0.15, 0.2) is 91.0 Å². The molecule has 0 radical (unpaired) electrons. The molecule has 49 heavy (non-hydrogen) atoms. The summed E-state index contributed by atoms with van der Waals surface area (Å²) in [6, 6.07) is 18.7. The first-order valence-corrected chi connectivity index (χ1v) is 14.4. The number of hydrogen-bond donors (Lipinski definition) is 3. The molecule has 14 heteroatoms. The third-order valence-corrected chi connectivity index (χ3v) is 7.55. The molecule has 0 atom stereocenters. The van der Waals surface area contributed by atoms with Gasteiger partial charge in [0.05, 0.1) is 23.2 Å². The number of alkyl halides is 3. The molecule has 0 aromatic heterocycles. The molecule has 0 bridgehead atoms. The summed E-state index contributed by atoms with van der Waals surface area (Å²) in [5, 5.41) is 22.1. The molecule has 0 aliphatic rings. The van der Waals surface area contributed by atoms with Crippen LogP contribution < -0.4 is 5.32 Å². The van der Waals surface area contributed by atoms with Gasteiger partial charge in [0.2, 0.25) is 5.41 Å². The first-order chi connectivity index (χ1) is 23.1. The first kappa shape index (κ1) is 35.8. The summed E-state index contributed by atoms with van der Waals surface area (Å²) in [7, 11) is 2.76. The number of aliphatic carboxylic acids is 2. The molecule has 4 rings (SSSR count). The van der Waals surface area contributed by atoms with Crippen LogP contribution in [0, 0.1) is 5.82 Å². The summed E-state index contributed by atoms with van der Waals surface area (Å²) < 4.78 is 59.7. The highest BCUT2D eigenvalue weighted by Crippen LogP contribution is 2.33. The van der Waals surface area contributed by atoms with Crippen molar-refractivity contribution in [3.8, 4) is 11.1 Å². The van der Waals surface area contributed by atoms with E-state index in [-0.39, 0.29) is 39.1 Å². The Morgan fingerprint density at radius 3 is 1.94 bits per heavy atom. The predicted octanol–water partition coefficient (Wildman–Crippen LogP) is 5.66. The molecule has 0 saturated carbocycles. The molecule has 0 aliphatic heterocycles. The fourth-order valence-corrected chi connectivity index (χ4v) is 4.90. The summed E-state index contributed by atoms with van der Waals surface area (Å²) >= 11 is 0. The number of rotatable bonds is 11. The van der Waals surface area contributed by atoms with Gasteiger partial charge in [-0.25, -0.2) is 4.39 Å². The number of esters is 1. The van der Waals surface area contributed by atoms with Crippen molar-refractivity contribution in [2.24, 2.45) is 0 Å². The number of hydrogen-bond acceptors (Lipinski definition) is 6. The molecule has 10 nitrogen and oxygen atoms in total. The minimum atomic E-state index is -4.57. The Kier molecular flexibility index (Phi) is 10.5.